The monoisotopic (exact) mass is 425 g/mol. The Hall–Kier alpha value is -3.35. The maximum absolute atomic E-state index is 13.1. The predicted molar refractivity (Wildman–Crippen MR) is 114 cm³/mol. The number of piperidine rings is 1. The molecule has 0 saturated carbocycles. The van der Waals surface area contributed by atoms with Crippen molar-refractivity contribution in [2.75, 3.05) is 26.8 Å². The van der Waals surface area contributed by atoms with Crippen LogP contribution in [0.4, 0.5) is 0 Å². The Morgan fingerprint density at radius 2 is 1.68 bits per heavy atom. The van der Waals surface area contributed by atoms with Gasteiger partial charge in [0.25, 0.3) is 5.91 Å². The second-order valence-electron chi connectivity index (χ2n) is 7.38. The van der Waals surface area contributed by atoms with Crippen molar-refractivity contribution in [1.82, 2.24) is 4.90 Å². The third-order valence-corrected chi connectivity index (χ3v) is 5.16. The Morgan fingerprint density at radius 3 is 2.32 bits per heavy atom. The van der Waals surface area contributed by atoms with Crippen molar-refractivity contribution in [1.29, 1.82) is 0 Å². The van der Waals surface area contributed by atoms with Crippen molar-refractivity contribution in [3.8, 4) is 11.5 Å². The topological polar surface area (TPSA) is 82.1 Å². The number of Topliss-reactive ketones (excluding diaryl/α,β-unsaturated/α-hetero) is 1. The maximum atomic E-state index is 13.1. The quantitative estimate of drug-likeness (QED) is 0.475. The first-order chi connectivity index (χ1) is 15.0. The standard InChI is InChI=1S/C24H27NO6/c1-17(26)19-11-12-20(21(15-19)29-2)30-16-22(27)31-23(18-9-5-3-6-10-18)24(28)25-13-7-4-8-14-25/h3,5-6,9-12,15,23H,4,7-8,13-14,16H2,1-2H3/t23-/m0/s1. The first-order valence-corrected chi connectivity index (χ1v) is 10.3. The number of esters is 1. The Bertz CT molecular complexity index is 921. The number of ether oxygens (including phenoxy) is 3. The fourth-order valence-corrected chi connectivity index (χ4v) is 3.48. The van der Waals surface area contributed by atoms with Crippen LogP contribution in [0, 0.1) is 0 Å². The van der Waals surface area contributed by atoms with Gasteiger partial charge in [0.15, 0.2) is 23.9 Å². The number of ketones is 1. The minimum Gasteiger partial charge on any atom is -0.493 e. The minimum atomic E-state index is -1.02. The van der Waals surface area contributed by atoms with Crippen LogP contribution in [0.3, 0.4) is 0 Å². The SMILES string of the molecule is COc1cc(C(C)=O)ccc1OCC(=O)O[C@H](C(=O)N1CCCCC1)c1ccccc1. The van der Waals surface area contributed by atoms with Crippen LogP contribution in [0.5, 0.6) is 11.5 Å². The van der Waals surface area contributed by atoms with E-state index in [9.17, 15) is 14.4 Å². The normalized spacial score (nSPS) is 14.5. The number of rotatable bonds is 8. The van der Waals surface area contributed by atoms with Gasteiger partial charge in [0.2, 0.25) is 6.10 Å². The molecule has 31 heavy (non-hydrogen) atoms. The largest absolute Gasteiger partial charge is 0.493 e. The van der Waals surface area contributed by atoms with Gasteiger partial charge in [-0.2, -0.15) is 0 Å². The van der Waals surface area contributed by atoms with E-state index in [-0.39, 0.29) is 11.7 Å². The maximum Gasteiger partial charge on any atom is 0.345 e. The lowest BCUT2D eigenvalue weighted by atomic mass is 10.1. The lowest BCUT2D eigenvalue weighted by Crippen LogP contribution is -2.40. The van der Waals surface area contributed by atoms with Crippen LogP contribution in [0.15, 0.2) is 48.5 Å². The van der Waals surface area contributed by atoms with Gasteiger partial charge in [-0.25, -0.2) is 4.79 Å². The van der Waals surface area contributed by atoms with Gasteiger partial charge in [0.1, 0.15) is 0 Å². The number of benzene rings is 2. The van der Waals surface area contributed by atoms with Crippen molar-refractivity contribution in [2.24, 2.45) is 0 Å². The summed E-state index contributed by atoms with van der Waals surface area (Å²) in [5.74, 6) is -0.349. The average molecular weight is 425 g/mol. The first kappa shape index (κ1) is 22.3. The molecule has 0 unspecified atom stereocenters. The highest BCUT2D eigenvalue weighted by atomic mass is 16.6. The van der Waals surface area contributed by atoms with Crippen molar-refractivity contribution < 1.29 is 28.6 Å². The molecule has 7 nitrogen and oxygen atoms in total. The summed E-state index contributed by atoms with van der Waals surface area (Å²) in [7, 11) is 1.45. The summed E-state index contributed by atoms with van der Waals surface area (Å²) >= 11 is 0. The summed E-state index contributed by atoms with van der Waals surface area (Å²) < 4.78 is 16.4. The number of likely N-dealkylation sites (tertiary alicyclic amines) is 1. The second-order valence-corrected chi connectivity index (χ2v) is 7.38. The molecule has 1 aliphatic rings. The van der Waals surface area contributed by atoms with E-state index in [4.69, 9.17) is 14.2 Å². The summed E-state index contributed by atoms with van der Waals surface area (Å²) in [6.07, 6.45) is 1.97. The number of methoxy groups -OCH3 is 1. The molecule has 0 bridgehead atoms. The highest BCUT2D eigenvalue weighted by molar-refractivity contribution is 5.94. The molecule has 164 valence electrons. The summed E-state index contributed by atoms with van der Waals surface area (Å²) in [4.78, 5) is 38.9. The summed E-state index contributed by atoms with van der Waals surface area (Å²) in [6.45, 7) is 2.38. The van der Waals surface area contributed by atoms with Gasteiger partial charge in [-0.3, -0.25) is 9.59 Å². The fourth-order valence-electron chi connectivity index (χ4n) is 3.48. The lowest BCUT2D eigenvalue weighted by molar-refractivity contribution is -0.163. The molecule has 1 fully saturated rings. The highest BCUT2D eigenvalue weighted by Crippen LogP contribution is 2.29. The van der Waals surface area contributed by atoms with Crippen molar-refractivity contribution in [3.05, 3.63) is 59.7 Å². The molecule has 0 aromatic heterocycles. The van der Waals surface area contributed by atoms with Gasteiger partial charge in [0.05, 0.1) is 7.11 Å². The zero-order valence-electron chi connectivity index (χ0n) is 17.8. The molecule has 1 amide bonds. The number of nitrogens with zero attached hydrogens (tertiary/aromatic N) is 1. The molecule has 1 atom stereocenters. The van der Waals surface area contributed by atoms with Crippen molar-refractivity contribution in [3.63, 3.8) is 0 Å². The van der Waals surface area contributed by atoms with Crippen LogP contribution in [-0.2, 0) is 14.3 Å². The molecular formula is C24H27NO6. The molecule has 1 aliphatic heterocycles. The molecular weight excluding hydrogens is 398 g/mol. The zero-order valence-corrected chi connectivity index (χ0v) is 17.8. The van der Waals surface area contributed by atoms with Gasteiger partial charge in [0, 0.05) is 24.2 Å². The summed E-state index contributed by atoms with van der Waals surface area (Å²) in [5.41, 5.74) is 1.10. The number of carbonyl (C=O) groups excluding carboxylic acids is 3. The van der Waals surface area contributed by atoms with Crippen LogP contribution in [-0.4, -0.2) is 49.4 Å². The van der Waals surface area contributed by atoms with E-state index in [1.165, 1.54) is 14.0 Å². The van der Waals surface area contributed by atoms with E-state index in [0.29, 0.717) is 35.7 Å². The van der Waals surface area contributed by atoms with E-state index in [1.807, 2.05) is 6.07 Å². The van der Waals surface area contributed by atoms with Gasteiger partial charge in [-0.05, 0) is 44.4 Å². The van der Waals surface area contributed by atoms with E-state index in [1.54, 1.807) is 47.4 Å². The third kappa shape index (κ3) is 5.84. The molecule has 7 heteroatoms. The lowest BCUT2D eigenvalue weighted by Gasteiger charge is -2.30. The number of hydrogen-bond acceptors (Lipinski definition) is 6. The highest BCUT2D eigenvalue weighted by Gasteiger charge is 2.30. The van der Waals surface area contributed by atoms with Gasteiger partial charge in [-0.15, -0.1) is 0 Å². The molecule has 2 aromatic rings. The van der Waals surface area contributed by atoms with E-state index >= 15 is 0 Å². The van der Waals surface area contributed by atoms with Crippen LogP contribution < -0.4 is 9.47 Å². The zero-order chi connectivity index (χ0) is 22.2. The van der Waals surface area contributed by atoms with Gasteiger partial charge >= 0.3 is 5.97 Å². The smallest absolute Gasteiger partial charge is 0.345 e. The minimum absolute atomic E-state index is 0.105. The molecule has 0 N–H and O–H groups in total. The summed E-state index contributed by atoms with van der Waals surface area (Å²) in [5, 5.41) is 0. The number of hydrogen-bond donors (Lipinski definition) is 0. The molecule has 0 radical (unpaired) electrons. The van der Waals surface area contributed by atoms with Crippen molar-refractivity contribution >= 4 is 17.7 Å². The first-order valence-electron chi connectivity index (χ1n) is 10.3. The fraction of sp³-hybridized carbons (Fsp3) is 0.375. The average Bonchev–Trinajstić information content (AvgIpc) is 2.81. The van der Waals surface area contributed by atoms with Crippen LogP contribution in [0.2, 0.25) is 0 Å². The molecule has 0 aliphatic carbocycles. The predicted octanol–water partition coefficient (Wildman–Crippen LogP) is 3.57. The Morgan fingerprint density at radius 1 is 0.968 bits per heavy atom. The van der Waals surface area contributed by atoms with E-state index < -0.39 is 18.7 Å². The molecule has 1 saturated heterocycles. The Labute approximate surface area is 181 Å². The second kappa shape index (κ2) is 10.6. The van der Waals surface area contributed by atoms with Crippen LogP contribution in [0.1, 0.15) is 48.2 Å². The molecule has 3 rings (SSSR count). The summed E-state index contributed by atoms with van der Waals surface area (Å²) in [6, 6.07) is 13.7. The third-order valence-electron chi connectivity index (χ3n) is 5.16. The Kier molecular flexibility index (Phi) is 7.65. The van der Waals surface area contributed by atoms with E-state index in [2.05, 4.69) is 0 Å². The van der Waals surface area contributed by atoms with E-state index in [0.717, 1.165) is 19.3 Å². The van der Waals surface area contributed by atoms with Crippen molar-refractivity contribution in [2.45, 2.75) is 32.3 Å². The Balaban J connectivity index is 1.69. The van der Waals surface area contributed by atoms with Crippen LogP contribution >= 0.6 is 0 Å². The van der Waals surface area contributed by atoms with Gasteiger partial charge in [-0.1, -0.05) is 30.3 Å². The number of carbonyl (C=O) groups is 3. The van der Waals surface area contributed by atoms with Gasteiger partial charge < -0.3 is 19.1 Å². The van der Waals surface area contributed by atoms with Crippen LogP contribution in [0.25, 0.3) is 0 Å². The molecule has 2 aromatic carbocycles. The molecule has 1 heterocycles. The molecule has 0 spiro atoms. The number of amides is 1.